The van der Waals surface area contributed by atoms with Crippen LogP contribution in [-0.4, -0.2) is 35.7 Å². The Bertz CT molecular complexity index is 309. The molecule has 16 heavy (non-hydrogen) atoms. The lowest BCUT2D eigenvalue weighted by Gasteiger charge is -2.24. The summed E-state index contributed by atoms with van der Waals surface area (Å²) in [5, 5.41) is 3.07. The first-order chi connectivity index (χ1) is 7.42. The van der Waals surface area contributed by atoms with Crippen molar-refractivity contribution in [3.8, 4) is 12.0 Å². The van der Waals surface area contributed by atoms with Gasteiger partial charge in [-0.15, -0.1) is 0 Å². The van der Waals surface area contributed by atoms with E-state index < -0.39 is 5.60 Å². The van der Waals surface area contributed by atoms with Crippen LogP contribution >= 0.6 is 0 Å². The number of carbonyl (C=O) groups excluding carboxylic acids is 1. The lowest BCUT2D eigenvalue weighted by atomic mass is 10.2. The zero-order chi connectivity index (χ0) is 12.2. The second kappa shape index (κ2) is 5.11. The van der Waals surface area contributed by atoms with Crippen LogP contribution in [0.4, 0.5) is 4.79 Å². The first kappa shape index (κ1) is 12.7. The number of hydrogen-bond acceptors (Lipinski definition) is 3. The largest absolute Gasteiger partial charge is 0.444 e. The van der Waals surface area contributed by atoms with Crippen LogP contribution in [0.2, 0.25) is 0 Å². The fraction of sp³-hybridized carbons (Fsp3) is 0.750. The first-order valence-electron chi connectivity index (χ1n) is 5.57. The molecule has 4 heteroatoms. The number of nitrogens with one attached hydrogen (secondary N) is 1. The van der Waals surface area contributed by atoms with Gasteiger partial charge in [0, 0.05) is 19.1 Å². The SMILES string of the molecule is CC#CNC1CCN(C(=O)OC(C)(C)C)C1. The van der Waals surface area contributed by atoms with Crippen LogP contribution in [0, 0.1) is 12.0 Å². The van der Waals surface area contributed by atoms with E-state index in [-0.39, 0.29) is 12.1 Å². The highest BCUT2D eigenvalue weighted by Gasteiger charge is 2.29. The van der Waals surface area contributed by atoms with E-state index in [2.05, 4.69) is 17.3 Å². The number of carbonyl (C=O) groups is 1. The van der Waals surface area contributed by atoms with Gasteiger partial charge in [0.05, 0.1) is 6.04 Å². The van der Waals surface area contributed by atoms with E-state index in [9.17, 15) is 4.79 Å². The van der Waals surface area contributed by atoms with Gasteiger partial charge < -0.3 is 15.0 Å². The summed E-state index contributed by atoms with van der Waals surface area (Å²) in [6, 6.07) is 3.08. The minimum atomic E-state index is -0.425. The Balaban J connectivity index is 2.40. The highest BCUT2D eigenvalue weighted by Crippen LogP contribution is 2.14. The molecule has 0 aromatic carbocycles. The summed E-state index contributed by atoms with van der Waals surface area (Å²) < 4.78 is 5.30. The third-order valence-corrected chi connectivity index (χ3v) is 2.24. The molecule has 1 saturated heterocycles. The fourth-order valence-corrected chi connectivity index (χ4v) is 1.54. The summed E-state index contributed by atoms with van der Waals surface area (Å²) in [6.45, 7) is 8.81. The molecule has 0 spiro atoms. The molecule has 0 aromatic rings. The van der Waals surface area contributed by atoms with Crippen LogP contribution in [0.25, 0.3) is 0 Å². The number of ether oxygens (including phenoxy) is 1. The zero-order valence-electron chi connectivity index (χ0n) is 10.5. The molecule has 1 N–H and O–H groups in total. The Hall–Kier alpha value is -1.37. The molecular weight excluding hydrogens is 204 g/mol. The van der Waals surface area contributed by atoms with Crippen molar-refractivity contribution in [2.24, 2.45) is 0 Å². The Labute approximate surface area is 97.3 Å². The van der Waals surface area contributed by atoms with Gasteiger partial charge in [-0.2, -0.15) is 0 Å². The first-order valence-corrected chi connectivity index (χ1v) is 5.57. The van der Waals surface area contributed by atoms with Crippen LogP contribution in [0.3, 0.4) is 0 Å². The van der Waals surface area contributed by atoms with Crippen LogP contribution in [0.5, 0.6) is 0 Å². The van der Waals surface area contributed by atoms with E-state index in [1.807, 2.05) is 20.8 Å². The van der Waals surface area contributed by atoms with Crippen LogP contribution in [0.1, 0.15) is 34.1 Å². The van der Waals surface area contributed by atoms with Gasteiger partial charge in [-0.05, 0) is 34.1 Å². The Kier molecular flexibility index (Phi) is 4.05. The minimum Gasteiger partial charge on any atom is -0.444 e. The number of likely N-dealkylation sites (tertiary alicyclic amines) is 1. The summed E-state index contributed by atoms with van der Waals surface area (Å²) in [7, 11) is 0. The summed E-state index contributed by atoms with van der Waals surface area (Å²) in [4.78, 5) is 13.4. The van der Waals surface area contributed by atoms with Crippen molar-refractivity contribution in [2.75, 3.05) is 13.1 Å². The summed E-state index contributed by atoms with van der Waals surface area (Å²) >= 11 is 0. The molecule has 1 aliphatic rings. The second-order valence-electron chi connectivity index (χ2n) is 4.93. The molecule has 1 rings (SSSR count). The molecular formula is C12H20N2O2. The van der Waals surface area contributed by atoms with Crippen molar-refractivity contribution >= 4 is 6.09 Å². The summed E-state index contributed by atoms with van der Waals surface area (Å²) in [6.07, 6.45) is 0.690. The van der Waals surface area contributed by atoms with E-state index in [0.717, 1.165) is 13.0 Å². The molecule has 0 radical (unpaired) electrons. The molecule has 0 saturated carbocycles. The average Bonchev–Trinajstić information content (AvgIpc) is 2.60. The molecule has 1 unspecified atom stereocenters. The van der Waals surface area contributed by atoms with Crippen LogP contribution in [0.15, 0.2) is 0 Å². The van der Waals surface area contributed by atoms with Gasteiger partial charge in [0.1, 0.15) is 5.60 Å². The molecule has 1 amide bonds. The van der Waals surface area contributed by atoms with Crippen molar-refractivity contribution in [1.82, 2.24) is 10.2 Å². The van der Waals surface area contributed by atoms with Crippen molar-refractivity contribution in [1.29, 1.82) is 0 Å². The van der Waals surface area contributed by atoms with E-state index in [1.54, 1.807) is 11.8 Å². The van der Waals surface area contributed by atoms with E-state index in [0.29, 0.717) is 6.54 Å². The van der Waals surface area contributed by atoms with Crippen molar-refractivity contribution in [3.63, 3.8) is 0 Å². The predicted molar refractivity (Wildman–Crippen MR) is 62.8 cm³/mol. The van der Waals surface area contributed by atoms with Crippen molar-refractivity contribution in [3.05, 3.63) is 0 Å². The lowest BCUT2D eigenvalue weighted by molar-refractivity contribution is 0.0292. The molecule has 0 aromatic heterocycles. The molecule has 1 heterocycles. The number of nitrogens with zero attached hydrogens (tertiary/aromatic N) is 1. The summed E-state index contributed by atoms with van der Waals surface area (Å²) in [5.74, 6) is 2.78. The van der Waals surface area contributed by atoms with Crippen LogP contribution < -0.4 is 5.32 Å². The minimum absolute atomic E-state index is 0.235. The van der Waals surface area contributed by atoms with Gasteiger partial charge in [0.2, 0.25) is 0 Å². The molecule has 1 aliphatic heterocycles. The van der Waals surface area contributed by atoms with E-state index >= 15 is 0 Å². The highest BCUT2D eigenvalue weighted by atomic mass is 16.6. The molecule has 0 bridgehead atoms. The van der Waals surface area contributed by atoms with E-state index in [1.165, 1.54) is 0 Å². The maximum absolute atomic E-state index is 11.7. The smallest absolute Gasteiger partial charge is 0.410 e. The monoisotopic (exact) mass is 224 g/mol. The quantitative estimate of drug-likeness (QED) is 0.543. The topological polar surface area (TPSA) is 41.6 Å². The van der Waals surface area contributed by atoms with Crippen LogP contribution in [-0.2, 0) is 4.74 Å². The maximum Gasteiger partial charge on any atom is 0.410 e. The zero-order valence-corrected chi connectivity index (χ0v) is 10.5. The molecule has 1 fully saturated rings. The number of rotatable bonds is 1. The van der Waals surface area contributed by atoms with Crippen molar-refractivity contribution in [2.45, 2.75) is 45.8 Å². The van der Waals surface area contributed by atoms with Gasteiger partial charge in [0.15, 0.2) is 0 Å². The molecule has 90 valence electrons. The highest BCUT2D eigenvalue weighted by molar-refractivity contribution is 5.68. The van der Waals surface area contributed by atoms with Gasteiger partial charge in [-0.3, -0.25) is 0 Å². The number of amides is 1. The molecule has 0 aliphatic carbocycles. The molecule has 4 nitrogen and oxygen atoms in total. The van der Waals surface area contributed by atoms with Gasteiger partial charge >= 0.3 is 6.09 Å². The summed E-state index contributed by atoms with van der Waals surface area (Å²) in [5.41, 5.74) is -0.425. The normalized spacial score (nSPS) is 20.0. The fourth-order valence-electron chi connectivity index (χ4n) is 1.54. The predicted octanol–water partition coefficient (Wildman–Crippen LogP) is 1.57. The van der Waals surface area contributed by atoms with E-state index in [4.69, 9.17) is 4.74 Å². The lowest BCUT2D eigenvalue weighted by Crippen LogP contribution is -2.37. The average molecular weight is 224 g/mol. The number of hydrogen-bond donors (Lipinski definition) is 1. The third-order valence-electron chi connectivity index (χ3n) is 2.24. The molecule has 1 atom stereocenters. The standard InChI is InChI=1S/C12H20N2O2/c1-5-7-13-10-6-8-14(9-10)11(15)16-12(2,3)4/h10,13H,6,8-9H2,1-4H3. The Morgan fingerprint density at radius 3 is 2.75 bits per heavy atom. The second-order valence-corrected chi connectivity index (χ2v) is 4.93. The Morgan fingerprint density at radius 2 is 2.19 bits per heavy atom. The van der Waals surface area contributed by atoms with Gasteiger partial charge in [0.25, 0.3) is 0 Å². The van der Waals surface area contributed by atoms with Gasteiger partial charge in [-0.25, -0.2) is 4.79 Å². The van der Waals surface area contributed by atoms with Crippen molar-refractivity contribution < 1.29 is 9.53 Å². The van der Waals surface area contributed by atoms with Gasteiger partial charge in [-0.1, -0.05) is 5.92 Å². The third kappa shape index (κ3) is 4.01. The Morgan fingerprint density at radius 1 is 1.50 bits per heavy atom. The maximum atomic E-state index is 11.7.